The Morgan fingerprint density at radius 3 is 2.70 bits per heavy atom. The van der Waals surface area contributed by atoms with E-state index >= 15 is 0 Å². The first-order chi connectivity index (χ1) is 9.15. The lowest BCUT2D eigenvalue weighted by atomic mass is 9.93. The molecule has 5 heteroatoms. The van der Waals surface area contributed by atoms with E-state index in [4.69, 9.17) is 0 Å². The second-order valence-corrected chi connectivity index (χ2v) is 6.87. The van der Waals surface area contributed by atoms with Crippen LogP contribution < -0.4 is 5.32 Å². The van der Waals surface area contributed by atoms with Crippen LogP contribution in [0.3, 0.4) is 0 Å². The minimum Gasteiger partial charge on any atom is -0.341 e. The largest absolute Gasteiger partial charge is 0.341 e. The van der Waals surface area contributed by atoms with Crippen molar-refractivity contribution in [2.24, 2.45) is 5.92 Å². The smallest absolute Gasteiger partial charge is 0.222 e. The summed E-state index contributed by atoms with van der Waals surface area (Å²) >= 11 is 1.78. The zero-order valence-electron chi connectivity index (χ0n) is 12.4. The topological polar surface area (TPSA) is 32.3 Å². The molecule has 1 amide bonds. The molecule has 114 valence electrons. The van der Waals surface area contributed by atoms with Crippen molar-refractivity contribution in [3.8, 4) is 0 Å². The molecule has 0 aliphatic carbocycles. The van der Waals surface area contributed by atoms with Crippen molar-refractivity contribution in [3.05, 3.63) is 21.9 Å². The van der Waals surface area contributed by atoms with Gasteiger partial charge in [0, 0.05) is 23.2 Å². The van der Waals surface area contributed by atoms with Crippen LogP contribution >= 0.6 is 23.7 Å². The summed E-state index contributed by atoms with van der Waals surface area (Å²) in [6.07, 6.45) is 4.20. The summed E-state index contributed by atoms with van der Waals surface area (Å²) in [6.45, 7) is 5.09. The van der Waals surface area contributed by atoms with Crippen LogP contribution in [0.4, 0.5) is 0 Å². The highest BCUT2D eigenvalue weighted by Gasteiger charge is 2.16. The number of halogens is 1. The Kier molecular flexibility index (Phi) is 7.56. The lowest BCUT2D eigenvalue weighted by Crippen LogP contribution is -2.30. The quantitative estimate of drug-likeness (QED) is 0.904. The van der Waals surface area contributed by atoms with Crippen molar-refractivity contribution in [2.75, 3.05) is 20.1 Å². The number of nitrogens with zero attached hydrogens (tertiary/aromatic N) is 1. The third-order valence-corrected chi connectivity index (χ3v) is 4.83. The van der Waals surface area contributed by atoms with Gasteiger partial charge in [-0.1, -0.05) is 0 Å². The Hall–Kier alpha value is -0.580. The van der Waals surface area contributed by atoms with Crippen LogP contribution in [0.15, 0.2) is 12.1 Å². The fourth-order valence-electron chi connectivity index (χ4n) is 2.58. The lowest BCUT2D eigenvalue weighted by Gasteiger charge is -2.23. The molecule has 0 bridgehead atoms. The number of aryl methyl sites for hydroxylation is 1. The number of piperidine rings is 1. The van der Waals surface area contributed by atoms with E-state index in [1.165, 1.54) is 22.6 Å². The molecule has 0 spiro atoms. The Morgan fingerprint density at radius 1 is 1.40 bits per heavy atom. The molecule has 2 rings (SSSR count). The number of carbonyl (C=O) groups is 1. The molecular formula is C15H25ClN2OS. The van der Waals surface area contributed by atoms with Crippen LogP contribution in [0, 0.1) is 12.8 Å². The summed E-state index contributed by atoms with van der Waals surface area (Å²) in [7, 11) is 1.92. The van der Waals surface area contributed by atoms with Crippen molar-refractivity contribution in [1.29, 1.82) is 0 Å². The molecule has 1 fully saturated rings. The molecule has 2 heterocycles. The Balaban J connectivity index is 0.00000200. The highest BCUT2D eigenvalue weighted by molar-refractivity contribution is 7.11. The number of hydrogen-bond donors (Lipinski definition) is 1. The van der Waals surface area contributed by atoms with Gasteiger partial charge in [-0.25, -0.2) is 0 Å². The number of amides is 1. The summed E-state index contributed by atoms with van der Waals surface area (Å²) in [4.78, 5) is 16.6. The molecule has 0 radical (unpaired) electrons. The fourth-order valence-corrected chi connectivity index (χ4v) is 3.52. The summed E-state index contributed by atoms with van der Waals surface area (Å²) < 4.78 is 0. The third kappa shape index (κ3) is 5.43. The molecule has 1 saturated heterocycles. The van der Waals surface area contributed by atoms with Gasteiger partial charge in [0.2, 0.25) is 5.91 Å². The van der Waals surface area contributed by atoms with E-state index in [1.54, 1.807) is 11.3 Å². The van der Waals surface area contributed by atoms with Gasteiger partial charge in [-0.2, -0.15) is 0 Å². The number of rotatable bonds is 5. The molecule has 1 aliphatic heterocycles. The average Bonchev–Trinajstić information content (AvgIpc) is 2.82. The highest BCUT2D eigenvalue weighted by Crippen LogP contribution is 2.20. The van der Waals surface area contributed by atoms with E-state index in [2.05, 4.69) is 24.4 Å². The average molecular weight is 317 g/mol. The molecule has 0 aromatic carbocycles. The van der Waals surface area contributed by atoms with E-state index in [1.807, 2.05) is 11.9 Å². The van der Waals surface area contributed by atoms with Gasteiger partial charge < -0.3 is 10.2 Å². The maximum absolute atomic E-state index is 12.1. The molecular weight excluding hydrogens is 292 g/mol. The first-order valence-corrected chi connectivity index (χ1v) is 7.97. The zero-order valence-corrected chi connectivity index (χ0v) is 14.0. The molecule has 0 atom stereocenters. The second kappa shape index (κ2) is 8.65. The van der Waals surface area contributed by atoms with Crippen molar-refractivity contribution in [2.45, 2.75) is 39.2 Å². The van der Waals surface area contributed by atoms with Crippen molar-refractivity contribution >= 4 is 29.7 Å². The molecule has 1 N–H and O–H groups in total. The molecule has 1 aromatic heterocycles. The van der Waals surface area contributed by atoms with E-state index < -0.39 is 0 Å². The summed E-state index contributed by atoms with van der Waals surface area (Å²) in [6, 6.07) is 4.24. The van der Waals surface area contributed by atoms with Gasteiger partial charge >= 0.3 is 0 Å². The molecule has 20 heavy (non-hydrogen) atoms. The Labute approximate surface area is 132 Å². The van der Waals surface area contributed by atoms with Gasteiger partial charge in [0.05, 0.1) is 6.54 Å². The predicted octanol–water partition coefficient (Wildman–Crippen LogP) is 3.22. The second-order valence-electron chi connectivity index (χ2n) is 5.49. The van der Waals surface area contributed by atoms with Gasteiger partial charge in [0.1, 0.15) is 0 Å². The summed E-state index contributed by atoms with van der Waals surface area (Å²) in [5, 5.41) is 3.37. The number of hydrogen-bond acceptors (Lipinski definition) is 3. The first-order valence-electron chi connectivity index (χ1n) is 7.15. The molecule has 3 nitrogen and oxygen atoms in total. The van der Waals surface area contributed by atoms with Crippen LogP contribution in [0.25, 0.3) is 0 Å². The first kappa shape index (κ1) is 17.5. The van der Waals surface area contributed by atoms with E-state index in [0.717, 1.165) is 32.0 Å². The number of nitrogens with one attached hydrogen (secondary N) is 1. The van der Waals surface area contributed by atoms with E-state index in [-0.39, 0.29) is 18.3 Å². The molecule has 0 unspecified atom stereocenters. The number of thiophene rings is 1. The minimum atomic E-state index is 0. The van der Waals surface area contributed by atoms with E-state index in [9.17, 15) is 4.79 Å². The van der Waals surface area contributed by atoms with Crippen LogP contribution in [0.5, 0.6) is 0 Å². The maximum atomic E-state index is 12.1. The van der Waals surface area contributed by atoms with Crippen LogP contribution in [0.2, 0.25) is 0 Å². The number of carbonyl (C=O) groups excluding carboxylic acids is 1. The van der Waals surface area contributed by atoms with Crippen LogP contribution in [0.1, 0.15) is 35.4 Å². The standard InChI is InChI=1S/C15H24N2OS.ClH/c1-12-3-5-14(19-12)11-17(2)15(18)6-4-13-7-9-16-10-8-13;/h3,5,13,16H,4,6-11H2,1-2H3;1H. The van der Waals surface area contributed by atoms with Gasteiger partial charge in [-0.3, -0.25) is 4.79 Å². The normalized spacial score (nSPS) is 15.7. The predicted molar refractivity (Wildman–Crippen MR) is 87.6 cm³/mol. The van der Waals surface area contributed by atoms with Crippen molar-refractivity contribution < 1.29 is 4.79 Å². The van der Waals surface area contributed by atoms with E-state index in [0.29, 0.717) is 6.42 Å². The van der Waals surface area contributed by atoms with Crippen LogP contribution in [-0.4, -0.2) is 30.9 Å². The SMILES string of the molecule is Cc1ccc(CN(C)C(=O)CCC2CCNCC2)s1.Cl. The summed E-state index contributed by atoms with van der Waals surface area (Å²) in [5.41, 5.74) is 0. The van der Waals surface area contributed by atoms with Crippen LogP contribution in [-0.2, 0) is 11.3 Å². The van der Waals surface area contributed by atoms with Crippen molar-refractivity contribution in [3.63, 3.8) is 0 Å². The van der Waals surface area contributed by atoms with Gasteiger partial charge in [-0.05, 0) is 57.3 Å². The monoisotopic (exact) mass is 316 g/mol. The van der Waals surface area contributed by atoms with Crippen molar-refractivity contribution in [1.82, 2.24) is 10.2 Å². The maximum Gasteiger partial charge on any atom is 0.222 e. The third-order valence-electron chi connectivity index (χ3n) is 3.84. The Morgan fingerprint density at radius 2 is 2.10 bits per heavy atom. The van der Waals surface area contributed by atoms with Gasteiger partial charge in [-0.15, -0.1) is 23.7 Å². The molecule has 1 aliphatic rings. The Bertz CT molecular complexity index is 416. The van der Waals surface area contributed by atoms with Gasteiger partial charge in [0.15, 0.2) is 0 Å². The minimum absolute atomic E-state index is 0. The lowest BCUT2D eigenvalue weighted by molar-refractivity contribution is -0.130. The zero-order chi connectivity index (χ0) is 13.7. The molecule has 1 aromatic rings. The summed E-state index contributed by atoms with van der Waals surface area (Å²) in [5.74, 6) is 1.02. The van der Waals surface area contributed by atoms with Gasteiger partial charge in [0.25, 0.3) is 0 Å². The highest BCUT2D eigenvalue weighted by atomic mass is 35.5. The fraction of sp³-hybridized carbons (Fsp3) is 0.667. The molecule has 0 saturated carbocycles.